The second kappa shape index (κ2) is 6.14. The van der Waals surface area contributed by atoms with Crippen molar-refractivity contribution in [2.75, 3.05) is 4.31 Å². The van der Waals surface area contributed by atoms with Crippen LogP contribution in [-0.2, 0) is 11.3 Å². The summed E-state index contributed by atoms with van der Waals surface area (Å²) in [7, 11) is 0. The summed E-state index contributed by atoms with van der Waals surface area (Å²) in [6.07, 6.45) is 0. The Hall–Kier alpha value is -1.42. The Kier molecular flexibility index (Phi) is 4.67. The number of carbonyl (C=O) groups is 1. The van der Waals surface area contributed by atoms with E-state index < -0.39 is 23.0 Å². The molecule has 1 aromatic heterocycles. The smallest absolute Gasteiger partial charge is 0.339 e. The maximum absolute atomic E-state index is 11.6. The average Bonchev–Trinajstić information content (AvgIpc) is 2.68. The first-order chi connectivity index (χ1) is 9.81. The highest BCUT2D eigenvalue weighted by atomic mass is 79.9. The fourth-order valence-corrected chi connectivity index (χ4v) is 3.91. The Bertz CT molecular complexity index is 711. The molecule has 0 aliphatic heterocycles. The second-order valence-corrected chi connectivity index (χ2v) is 7.25. The SMILES string of the molecule is Cc1cc(N(c2ccc(C(=O)O)c(O)c2)S(=O)O)sc1Br. The van der Waals surface area contributed by atoms with Gasteiger partial charge in [0.2, 0.25) is 0 Å². The molecule has 0 amide bonds. The van der Waals surface area contributed by atoms with Crippen molar-refractivity contribution in [1.29, 1.82) is 0 Å². The molecular weight excluding hydrogens is 382 g/mol. The van der Waals surface area contributed by atoms with E-state index in [1.54, 1.807) is 6.07 Å². The van der Waals surface area contributed by atoms with Gasteiger partial charge in [0, 0.05) is 6.07 Å². The van der Waals surface area contributed by atoms with E-state index in [4.69, 9.17) is 5.11 Å². The third kappa shape index (κ3) is 3.26. The molecule has 0 bridgehead atoms. The quantitative estimate of drug-likeness (QED) is 0.692. The van der Waals surface area contributed by atoms with Gasteiger partial charge < -0.3 is 10.2 Å². The van der Waals surface area contributed by atoms with Crippen LogP contribution in [0, 0.1) is 6.92 Å². The van der Waals surface area contributed by atoms with E-state index in [1.807, 2.05) is 6.92 Å². The largest absolute Gasteiger partial charge is 0.507 e. The third-order valence-corrected chi connectivity index (χ3v) is 5.60. The molecule has 0 saturated carbocycles. The third-order valence-electron chi connectivity index (χ3n) is 2.65. The predicted octanol–water partition coefficient (Wildman–Crippen LogP) is 3.50. The lowest BCUT2D eigenvalue weighted by molar-refractivity contribution is 0.0694. The number of aromatic carboxylic acids is 1. The monoisotopic (exact) mass is 391 g/mol. The summed E-state index contributed by atoms with van der Waals surface area (Å²) in [5, 5.41) is 19.1. The average molecular weight is 392 g/mol. The molecule has 0 aliphatic rings. The van der Waals surface area contributed by atoms with Gasteiger partial charge in [0.15, 0.2) is 0 Å². The van der Waals surface area contributed by atoms with Gasteiger partial charge in [0.1, 0.15) is 16.3 Å². The number of aromatic hydroxyl groups is 1. The van der Waals surface area contributed by atoms with Crippen LogP contribution < -0.4 is 4.31 Å². The molecule has 0 spiro atoms. The van der Waals surface area contributed by atoms with Crippen LogP contribution in [0.4, 0.5) is 10.7 Å². The minimum atomic E-state index is -2.36. The first-order valence-electron chi connectivity index (χ1n) is 5.54. The Morgan fingerprint density at radius 2 is 2.05 bits per heavy atom. The van der Waals surface area contributed by atoms with Crippen LogP contribution in [0.2, 0.25) is 0 Å². The highest BCUT2D eigenvalue weighted by Gasteiger charge is 2.20. The van der Waals surface area contributed by atoms with Crippen molar-refractivity contribution in [2.45, 2.75) is 6.92 Å². The molecule has 2 aromatic rings. The first-order valence-corrected chi connectivity index (χ1v) is 8.22. The first kappa shape index (κ1) is 16.0. The van der Waals surface area contributed by atoms with Crippen LogP contribution in [0.15, 0.2) is 28.1 Å². The fourth-order valence-electron chi connectivity index (χ4n) is 1.67. The van der Waals surface area contributed by atoms with Gasteiger partial charge in [-0.05, 0) is 46.6 Å². The van der Waals surface area contributed by atoms with Crippen molar-refractivity contribution in [2.24, 2.45) is 0 Å². The van der Waals surface area contributed by atoms with Crippen LogP contribution in [0.1, 0.15) is 15.9 Å². The normalized spacial score (nSPS) is 12.1. The Balaban J connectivity index is 2.51. The van der Waals surface area contributed by atoms with E-state index in [1.165, 1.54) is 23.5 Å². The molecule has 0 fully saturated rings. The topological polar surface area (TPSA) is 98.1 Å². The number of rotatable bonds is 4. The summed E-state index contributed by atoms with van der Waals surface area (Å²) in [6.45, 7) is 1.84. The number of aryl methyl sites for hydroxylation is 1. The van der Waals surface area contributed by atoms with E-state index in [9.17, 15) is 18.7 Å². The van der Waals surface area contributed by atoms with E-state index in [0.717, 1.165) is 19.7 Å². The molecule has 1 heterocycles. The van der Waals surface area contributed by atoms with E-state index in [0.29, 0.717) is 5.00 Å². The number of anilines is 2. The zero-order valence-corrected chi connectivity index (χ0v) is 13.8. The Morgan fingerprint density at radius 1 is 1.38 bits per heavy atom. The summed E-state index contributed by atoms with van der Waals surface area (Å²) in [4.78, 5) is 10.9. The molecule has 6 nitrogen and oxygen atoms in total. The van der Waals surface area contributed by atoms with Crippen molar-refractivity contribution in [3.05, 3.63) is 39.2 Å². The second-order valence-electron chi connectivity index (χ2n) is 4.07. The van der Waals surface area contributed by atoms with Gasteiger partial charge in [0.25, 0.3) is 11.3 Å². The van der Waals surface area contributed by atoms with Crippen LogP contribution in [-0.4, -0.2) is 24.9 Å². The van der Waals surface area contributed by atoms with Gasteiger partial charge in [-0.2, -0.15) is 0 Å². The molecule has 1 aromatic carbocycles. The summed E-state index contributed by atoms with van der Waals surface area (Å²) in [6, 6.07) is 5.40. The highest BCUT2D eigenvalue weighted by Crippen LogP contribution is 2.39. The van der Waals surface area contributed by atoms with Gasteiger partial charge in [-0.3, -0.25) is 4.55 Å². The number of carboxylic acid groups (broad SMARTS) is 1. The van der Waals surface area contributed by atoms with Crippen LogP contribution in [0.3, 0.4) is 0 Å². The number of phenols is 1. The zero-order chi connectivity index (χ0) is 15.7. The van der Waals surface area contributed by atoms with Crippen molar-refractivity contribution in [3.8, 4) is 5.75 Å². The maximum Gasteiger partial charge on any atom is 0.339 e. The standard InChI is InChI=1S/C12H10BrNO5S2/c1-6-4-10(20-11(6)13)14(21(18)19)7-2-3-8(12(16)17)9(15)5-7/h2-5,15H,1H3,(H,16,17)(H,18,19). The minimum Gasteiger partial charge on any atom is -0.507 e. The molecule has 0 radical (unpaired) electrons. The number of halogens is 1. The summed E-state index contributed by atoms with van der Waals surface area (Å²) < 4.78 is 23.0. The number of carboxylic acids is 1. The van der Waals surface area contributed by atoms with Crippen molar-refractivity contribution < 1.29 is 23.8 Å². The molecule has 21 heavy (non-hydrogen) atoms. The number of hydrogen-bond donors (Lipinski definition) is 3. The van der Waals surface area contributed by atoms with Crippen LogP contribution in [0.25, 0.3) is 0 Å². The molecule has 0 saturated heterocycles. The van der Waals surface area contributed by atoms with Crippen molar-refractivity contribution >= 4 is 55.2 Å². The van der Waals surface area contributed by atoms with Gasteiger partial charge >= 0.3 is 5.97 Å². The molecule has 2 rings (SSSR count). The van der Waals surface area contributed by atoms with E-state index >= 15 is 0 Å². The summed E-state index contributed by atoms with van der Waals surface area (Å²) >= 11 is 2.23. The molecule has 112 valence electrons. The summed E-state index contributed by atoms with van der Waals surface area (Å²) in [5.74, 6) is -1.74. The lowest BCUT2D eigenvalue weighted by atomic mass is 10.2. The van der Waals surface area contributed by atoms with E-state index in [2.05, 4.69) is 15.9 Å². The molecule has 1 unspecified atom stereocenters. The lowest BCUT2D eigenvalue weighted by Gasteiger charge is -2.18. The summed E-state index contributed by atoms with van der Waals surface area (Å²) in [5.41, 5.74) is 0.842. The fraction of sp³-hybridized carbons (Fsp3) is 0.0833. The number of benzene rings is 1. The molecular formula is C12H10BrNO5S2. The van der Waals surface area contributed by atoms with Gasteiger partial charge in [-0.15, -0.1) is 11.3 Å². The maximum atomic E-state index is 11.6. The Morgan fingerprint density at radius 3 is 2.48 bits per heavy atom. The number of thiophene rings is 1. The van der Waals surface area contributed by atoms with Crippen LogP contribution in [0.5, 0.6) is 5.75 Å². The minimum absolute atomic E-state index is 0.215. The van der Waals surface area contributed by atoms with E-state index in [-0.39, 0.29) is 11.3 Å². The zero-order valence-electron chi connectivity index (χ0n) is 10.6. The molecule has 1 atom stereocenters. The molecule has 3 N–H and O–H groups in total. The van der Waals surface area contributed by atoms with Crippen molar-refractivity contribution in [1.82, 2.24) is 0 Å². The van der Waals surface area contributed by atoms with Gasteiger partial charge in [0.05, 0.1) is 9.47 Å². The number of hydrogen-bond acceptors (Lipinski definition) is 4. The molecule has 9 heteroatoms. The van der Waals surface area contributed by atoms with Gasteiger partial charge in [-0.1, -0.05) is 0 Å². The lowest BCUT2D eigenvalue weighted by Crippen LogP contribution is -2.18. The Labute approximate surface area is 135 Å². The van der Waals surface area contributed by atoms with Crippen molar-refractivity contribution in [3.63, 3.8) is 0 Å². The molecule has 0 aliphatic carbocycles. The van der Waals surface area contributed by atoms with Crippen LogP contribution >= 0.6 is 27.3 Å². The van der Waals surface area contributed by atoms with Gasteiger partial charge in [-0.25, -0.2) is 13.3 Å². The predicted molar refractivity (Wildman–Crippen MR) is 84.7 cm³/mol. The number of nitrogens with zero attached hydrogens (tertiary/aromatic N) is 1. The highest BCUT2D eigenvalue weighted by molar-refractivity contribution is 9.11.